The molecule has 0 unspecified atom stereocenters. The van der Waals surface area contributed by atoms with Gasteiger partial charge >= 0.3 is 11.9 Å². The number of rotatable bonds is 13. The Morgan fingerprint density at radius 1 is 1.04 bits per heavy atom. The van der Waals surface area contributed by atoms with Gasteiger partial charge in [-0.1, -0.05) is 13.8 Å². The summed E-state index contributed by atoms with van der Waals surface area (Å²) in [5.41, 5.74) is 9.21. The molecule has 2 saturated heterocycles. The lowest BCUT2D eigenvalue weighted by molar-refractivity contribution is -0.146. The zero-order chi connectivity index (χ0) is 32.7. The molecule has 2 amide bonds. The van der Waals surface area contributed by atoms with Gasteiger partial charge in [0.05, 0.1) is 5.71 Å². The monoisotopic (exact) mass is 636 g/mol. The maximum absolute atomic E-state index is 12.6. The van der Waals surface area contributed by atoms with E-state index in [1.165, 1.54) is 0 Å². The maximum Gasteiger partial charge on any atom is 0.332 e. The van der Waals surface area contributed by atoms with Crippen LogP contribution in [0.4, 0.5) is 0 Å². The molecule has 0 spiro atoms. The Balaban J connectivity index is 1.54. The fraction of sp³-hybridized carbons (Fsp3) is 0.485. The van der Waals surface area contributed by atoms with E-state index in [-0.39, 0.29) is 42.9 Å². The van der Waals surface area contributed by atoms with Gasteiger partial charge in [-0.15, -0.1) is 0 Å². The molecule has 0 saturated carbocycles. The Morgan fingerprint density at radius 2 is 1.73 bits per heavy atom. The smallest absolute Gasteiger partial charge is 0.332 e. The first-order chi connectivity index (χ1) is 21.3. The van der Waals surface area contributed by atoms with Crippen LogP contribution in [0, 0.1) is 25.7 Å². The summed E-state index contributed by atoms with van der Waals surface area (Å²) in [4.78, 5) is 59.4. The Bertz CT molecular complexity index is 1670. The van der Waals surface area contributed by atoms with Crippen LogP contribution in [0.25, 0.3) is 6.08 Å². The van der Waals surface area contributed by atoms with E-state index in [9.17, 15) is 34.5 Å². The van der Waals surface area contributed by atoms with Gasteiger partial charge in [-0.05, 0) is 67.5 Å². The number of aliphatic hydroxyl groups is 1. The Hall–Kier alpha value is -3.90. The molecule has 240 valence electrons. The van der Waals surface area contributed by atoms with Crippen molar-refractivity contribution < 1.29 is 34.5 Å². The van der Waals surface area contributed by atoms with Gasteiger partial charge in [-0.3, -0.25) is 14.4 Å². The normalized spacial score (nSPS) is 22.8. The summed E-state index contributed by atoms with van der Waals surface area (Å²) in [6, 6.07) is 0. The largest absolute Gasteiger partial charge is 0.481 e. The second-order valence-corrected chi connectivity index (χ2v) is 13.5. The van der Waals surface area contributed by atoms with Crippen molar-refractivity contribution in [1.82, 2.24) is 15.3 Å². The number of nitrogens with one attached hydrogen (secondary N) is 3. The molecule has 2 aromatic rings. The molecule has 5 rings (SSSR count). The third-order valence-corrected chi connectivity index (χ3v) is 10.4. The van der Waals surface area contributed by atoms with Gasteiger partial charge in [0.1, 0.15) is 0 Å². The number of nitrogens with zero attached hydrogens (tertiary/aromatic N) is 1. The van der Waals surface area contributed by atoms with Crippen LogP contribution in [0.5, 0.6) is 0 Å². The number of carbonyl (C=O) groups is 4. The van der Waals surface area contributed by atoms with Gasteiger partial charge in [0.2, 0.25) is 5.91 Å². The second-order valence-electron chi connectivity index (χ2n) is 12.2. The first kappa shape index (κ1) is 32.5. The summed E-state index contributed by atoms with van der Waals surface area (Å²) in [7, 11) is 0. The van der Waals surface area contributed by atoms with Crippen molar-refractivity contribution in [3.05, 3.63) is 61.9 Å². The van der Waals surface area contributed by atoms with Crippen LogP contribution in [0.2, 0.25) is 0 Å². The van der Waals surface area contributed by atoms with E-state index in [0.29, 0.717) is 47.1 Å². The zero-order valence-corrected chi connectivity index (χ0v) is 27.0. The number of H-pyrrole nitrogens is 2. The van der Waals surface area contributed by atoms with E-state index in [0.717, 1.165) is 50.8 Å². The number of carboxylic acid groups (broad SMARTS) is 2. The van der Waals surface area contributed by atoms with Crippen LogP contribution >= 0.6 is 11.8 Å². The number of aromatic amines is 2. The molecule has 12 heteroatoms. The standard InChI is InChI=1S/C33H40N4O7S/c1-6-18-14(2)23(36-32(18)42)10-21-16(4)20(9-27(38)33(43)44)25(35-21)12-24-19(7-8-29(39)40)15(3)22(34-24)11-26-30(28-13-45-28)17(5)31(41)37-26/h11,17,27-28,30,34-35,38H,6-10,12-13H2,1-5H3,(H,37,41)(H,39,40)(H,43,44)/b26-11-/t17-,27+,28-,30-/m1/s1. The summed E-state index contributed by atoms with van der Waals surface area (Å²) >= 11 is 1.83. The number of hydrogen-bond acceptors (Lipinski definition) is 6. The van der Waals surface area contributed by atoms with Crippen LogP contribution in [0.15, 0.2) is 21.8 Å². The van der Waals surface area contributed by atoms with Crippen LogP contribution in [0.1, 0.15) is 78.6 Å². The molecule has 6 N–H and O–H groups in total. The number of carbonyl (C=O) groups excluding carboxylic acids is 2. The molecule has 11 nitrogen and oxygen atoms in total. The number of aromatic nitrogens is 2. The van der Waals surface area contributed by atoms with Crippen LogP contribution in [-0.4, -0.2) is 71.9 Å². The van der Waals surface area contributed by atoms with Gasteiger partial charge in [-0.25, -0.2) is 9.79 Å². The first-order valence-corrected chi connectivity index (χ1v) is 16.3. The molecule has 0 aromatic carbocycles. The lowest BCUT2D eigenvalue weighted by Gasteiger charge is -2.12. The number of amides is 2. The fourth-order valence-corrected chi connectivity index (χ4v) is 7.52. The van der Waals surface area contributed by atoms with Gasteiger partial charge in [0, 0.05) is 82.6 Å². The van der Waals surface area contributed by atoms with Crippen LogP contribution < -0.4 is 5.32 Å². The van der Waals surface area contributed by atoms with Crippen molar-refractivity contribution in [2.24, 2.45) is 16.8 Å². The van der Waals surface area contributed by atoms with Crippen molar-refractivity contribution in [2.75, 3.05) is 5.75 Å². The topological polar surface area (TPSA) is 185 Å². The van der Waals surface area contributed by atoms with Crippen molar-refractivity contribution in [2.45, 2.75) is 84.5 Å². The number of aliphatic imine (C=N–C) groups is 1. The lowest BCUT2D eigenvalue weighted by Crippen LogP contribution is -2.22. The Labute approximate surface area is 265 Å². The molecule has 45 heavy (non-hydrogen) atoms. The highest BCUT2D eigenvalue weighted by atomic mass is 32.2. The highest BCUT2D eigenvalue weighted by molar-refractivity contribution is 8.06. The number of aliphatic hydroxyl groups excluding tert-OH is 1. The molecule has 4 atom stereocenters. The molecule has 0 bridgehead atoms. The maximum atomic E-state index is 12.6. The number of carboxylic acids is 2. The summed E-state index contributed by atoms with van der Waals surface area (Å²) in [6.07, 6.45) is 1.64. The number of hydrogen-bond donors (Lipinski definition) is 6. The first-order valence-electron chi connectivity index (χ1n) is 15.3. The Kier molecular flexibility index (Phi) is 9.27. The molecule has 0 aliphatic carbocycles. The predicted molar refractivity (Wildman–Crippen MR) is 171 cm³/mol. The quantitative estimate of drug-likeness (QED) is 0.180. The average Bonchev–Trinajstić information content (AvgIpc) is 3.56. The van der Waals surface area contributed by atoms with E-state index >= 15 is 0 Å². The third-order valence-electron chi connectivity index (χ3n) is 9.42. The number of allylic oxidation sites excluding steroid dienone is 2. The lowest BCUT2D eigenvalue weighted by atomic mass is 9.91. The Morgan fingerprint density at radius 3 is 2.33 bits per heavy atom. The van der Waals surface area contributed by atoms with E-state index < -0.39 is 18.0 Å². The van der Waals surface area contributed by atoms with Gasteiger partial charge in [0.15, 0.2) is 6.10 Å². The van der Waals surface area contributed by atoms with Crippen molar-refractivity contribution in [1.29, 1.82) is 0 Å². The zero-order valence-electron chi connectivity index (χ0n) is 26.2. The minimum Gasteiger partial charge on any atom is -0.481 e. The molecule has 3 aliphatic rings. The van der Waals surface area contributed by atoms with E-state index in [4.69, 9.17) is 0 Å². The number of thioether (sulfide) groups is 1. The highest BCUT2D eigenvalue weighted by Gasteiger charge is 2.45. The van der Waals surface area contributed by atoms with Crippen molar-refractivity contribution >= 4 is 47.3 Å². The van der Waals surface area contributed by atoms with E-state index in [1.54, 1.807) is 0 Å². The van der Waals surface area contributed by atoms with Crippen molar-refractivity contribution in [3.8, 4) is 0 Å². The molecular formula is C33H40N4O7S. The summed E-state index contributed by atoms with van der Waals surface area (Å²) in [5, 5.41) is 32.8. The second kappa shape index (κ2) is 12.8. The van der Waals surface area contributed by atoms with Crippen LogP contribution in [0.3, 0.4) is 0 Å². The predicted octanol–water partition coefficient (Wildman–Crippen LogP) is 3.64. The SMILES string of the molecule is CCC1=C(C)C(Cc2[nH]c(Cc3[nH]c(/C=C4\NC(=O)[C@H](C)[C@H]4[C@H]4CS4)c(C)c3CCC(=O)O)c(C[C@H](O)C(=O)O)c2C)=NC1=O. The average molecular weight is 637 g/mol. The van der Waals surface area contributed by atoms with E-state index in [2.05, 4.69) is 20.3 Å². The van der Waals surface area contributed by atoms with Gasteiger partial charge in [-0.2, -0.15) is 11.8 Å². The molecule has 3 aliphatic heterocycles. The summed E-state index contributed by atoms with van der Waals surface area (Å²) in [5.74, 6) is -1.53. The molecule has 5 heterocycles. The van der Waals surface area contributed by atoms with Crippen LogP contribution in [-0.2, 0) is 44.9 Å². The van der Waals surface area contributed by atoms with Gasteiger partial charge < -0.3 is 30.6 Å². The highest BCUT2D eigenvalue weighted by Crippen LogP contribution is 2.46. The minimum atomic E-state index is -1.62. The summed E-state index contributed by atoms with van der Waals surface area (Å²) < 4.78 is 0. The summed E-state index contributed by atoms with van der Waals surface area (Å²) in [6.45, 7) is 9.52. The van der Waals surface area contributed by atoms with Crippen molar-refractivity contribution in [3.63, 3.8) is 0 Å². The minimum absolute atomic E-state index is 0.00462. The molecule has 0 radical (unpaired) electrons. The number of aliphatic carboxylic acids is 2. The van der Waals surface area contributed by atoms with E-state index in [1.807, 2.05) is 52.5 Å². The fourth-order valence-electron chi connectivity index (χ4n) is 6.62. The molecule has 2 fully saturated rings. The molecular weight excluding hydrogens is 596 g/mol. The molecule has 2 aromatic heterocycles. The third kappa shape index (κ3) is 6.57. The van der Waals surface area contributed by atoms with Gasteiger partial charge in [0.25, 0.3) is 5.91 Å².